The zero-order valence-electron chi connectivity index (χ0n) is 46.7. The Labute approximate surface area is 377 Å². The Morgan fingerprint density at radius 1 is 0.414 bits per heavy atom. The third-order valence-corrected chi connectivity index (χ3v) is 7.26. The molecule has 0 fully saturated rings. The molecule has 4 aliphatic carbocycles. The Morgan fingerprint density at radius 2 is 0.810 bits per heavy atom. The average Bonchev–Trinajstić information content (AvgIpc) is 4.13. The maximum atomic E-state index is 2.35. The SMILES string of the molecule is CB(C)C1=CC=CC1.CB(C)C1=CCC=C1.CC.CC.CC.CC.CC.CC.CC.CC.CCC.CCC.CCC1=CC(B(C)C)=CC1.CCC1=CC=C(B(C)C)C1. The van der Waals surface area contributed by atoms with Crippen LogP contribution in [0.25, 0.3) is 0 Å². The summed E-state index contributed by atoms with van der Waals surface area (Å²) in [5, 5.41) is 0. The van der Waals surface area contributed by atoms with E-state index in [2.05, 4.69) is 157 Å². The highest BCUT2D eigenvalue weighted by Crippen LogP contribution is 2.23. The Hall–Kier alpha value is -1.82. The van der Waals surface area contributed by atoms with E-state index in [9.17, 15) is 0 Å². The van der Waals surface area contributed by atoms with Crippen molar-refractivity contribution in [2.24, 2.45) is 0 Å². The molecule has 0 aromatic heterocycles. The summed E-state index contributed by atoms with van der Waals surface area (Å²) in [7, 11) is 0. The molecule has 0 nitrogen and oxygen atoms in total. The van der Waals surface area contributed by atoms with Crippen LogP contribution in [-0.2, 0) is 0 Å². The highest BCUT2D eigenvalue weighted by Gasteiger charge is 2.11. The van der Waals surface area contributed by atoms with E-state index in [1.165, 1.54) is 55.9 Å². The molecule has 0 heterocycles. The van der Waals surface area contributed by atoms with Crippen LogP contribution in [0, 0.1) is 0 Å². The van der Waals surface area contributed by atoms with Gasteiger partial charge in [-0.1, -0.05) is 314 Å². The van der Waals surface area contributed by atoms with Crippen LogP contribution in [0.15, 0.2) is 93.8 Å². The van der Waals surface area contributed by atoms with Gasteiger partial charge in [-0.3, -0.25) is 0 Å². The lowest BCUT2D eigenvalue weighted by atomic mass is 9.48. The standard InChI is InChI=1S/2C9H15B.2C7H11B.2C3H8.8C2H6/c2*1-4-8-5-6-9(7-8)10(2)3;2*1-8(2)7-5-3-4-6-7;2*1-3-2;8*1-2/h6-7H,4-5H2,1-3H3;5-6H,4,7H2,1-3H3;3,5-6H,4H2,1-2H3;3-5H,6H2,1-2H3;2*3H2,1-2H3;8*1-2H3. The minimum Gasteiger partial charge on any atom is -0.0980 e. The zero-order chi connectivity index (χ0) is 48.5. The van der Waals surface area contributed by atoms with E-state index in [0.717, 1.165) is 19.8 Å². The first-order valence-electron chi connectivity index (χ1n) is 25.4. The first kappa shape index (κ1) is 80.2. The van der Waals surface area contributed by atoms with Crippen molar-refractivity contribution in [1.29, 1.82) is 0 Å². The molecule has 0 amide bonds. The molecule has 0 aromatic rings. The van der Waals surface area contributed by atoms with Crippen molar-refractivity contribution in [3.05, 3.63) is 93.8 Å². The van der Waals surface area contributed by atoms with Crippen LogP contribution in [0.4, 0.5) is 0 Å². The van der Waals surface area contributed by atoms with Gasteiger partial charge in [0.1, 0.15) is 0 Å². The van der Waals surface area contributed by atoms with E-state index in [-0.39, 0.29) is 0 Å². The Balaban J connectivity index is -0.0000000571. The first-order chi connectivity index (χ1) is 27.9. The van der Waals surface area contributed by atoms with Crippen LogP contribution in [0.5, 0.6) is 0 Å². The quantitative estimate of drug-likeness (QED) is 0.235. The highest BCUT2D eigenvalue weighted by molar-refractivity contribution is 6.65. The van der Waals surface area contributed by atoms with Gasteiger partial charge in [0, 0.05) is 0 Å². The van der Waals surface area contributed by atoms with Gasteiger partial charge >= 0.3 is 0 Å². The molecule has 0 aliphatic heterocycles. The summed E-state index contributed by atoms with van der Waals surface area (Å²) in [5.74, 6) is 0. The third-order valence-electron chi connectivity index (χ3n) is 7.26. The van der Waals surface area contributed by atoms with Crippen molar-refractivity contribution >= 4 is 26.9 Å². The summed E-state index contributed by atoms with van der Waals surface area (Å²) < 4.78 is 0. The van der Waals surface area contributed by atoms with Gasteiger partial charge in [0.25, 0.3) is 0 Å². The van der Waals surface area contributed by atoms with Crippen LogP contribution >= 0.6 is 0 Å². The van der Waals surface area contributed by atoms with Gasteiger partial charge in [0.05, 0.1) is 0 Å². The van der Waals surface area contributed by atoms with E-state index < -0.39 is 0 Å². The molecule has 0 spiro atoms. The molecule has 0 atom stereocenters. The van der Waals surface area contributed by atoms with E-state index >= 15 is 0 Å². The number of rotatable bonds is 6. The second-order valence-electron chi connectivity index (χ2n) is 12.9. The molecule has 4 heteroatoms. The summed E-state index contributed by atoms with van der Waals surface area (Å²) in [5.41, 5.74) is 9.34. The van der Waals surface area contributed by atoms with Crippen molar-refractivity contribution in [2.45, 2.75) is 258 Å². The minimum atomic E-state index is 0.712. The predicted octanol–water partition coefficient (Wildman–Crippen LogP) is 21.3. The smallest absolute Gasteiger partial charge is 0.0980 e. The third kappa shape index (κ3) is 60.9. The lowest BCUT2D eigenvalue weighted by Gasteiger charge is -2.03. The van der Waals surface area contributed by atoms with Crippen LogP contribution in [0.1, 0.15) is 204 Å². The van der Waals surface area contributed by atoms with Gasteiger partial charge in [0.15, 0.2) is 26.9 Å². The van der Waals surface area contributed by atoms with Crippen LogP contribution in [0.2, 0.25) is 54.6 Å². The lowest BCUT2D eigenvalue weighted by Crippen LogP contribution is -2.03. The molecule has 4 rings (SSSR count). The first-order valence-corrected chi connectivity index (χ1v) is 25.4. The average molecular weight is 809 g/mol. The second kappa shape index (κ2) is 76.0. The van der Waals surface area contributed by atoms with E-state index in [1.807, 2.05) is 111 Å². The van der Waals surface area contributed by atoms with Gasteiger partial charge in [0.2, 0.25) is 0 Å². The van der Waals surface area contributed by atoms with Crippen molar-refractivity contribution in [3.8, 4) is 0 Å². The maximum absolute atomic E-state index is 2.35. The summed E-state index contributed by atoms with van der Waals surface area (Å²) in [6.07, 6.45) is 32.2. The molecule has 0 saturated heterocycles. The molecule has 0 radical (unpaired) electrons. The summed E-state index contributed by atoms with van der Waals surface area (Å²) in [6.45, 7) is 65.8. The molecule has 0 saturated carbocycles. The molecule has 0 aromatic carbocycles. The fourth-order valence-corrected chi connectivity index (χ4v) is 4.29. The minimum absolute atomic E-state index is 0.712. The van der Waals surface area contributed by atoms with Crippen LogP contribution < -0.4 is 0 Å². The van der Waals surface area contributed by atoms with Gasteiger partial charge in [-0.25, -0.2) is 0 Å². The number of allylic oxidation sites excluding steroid dienone is 16. The van der Waals surface area contributed by atoms with Crippen LogP contribution in [0.3, 0.4) is 0 Å². The number of hydrogen-bond acceptors (Lipinski definition) is 0. The normalized spacial score (nSPS) is 11.8. The van der Waals surface area contributed by atoms with Crippen molar-refractivity contribution in [2.75, 3.05) is 0 Å². The fourth-order valence-electron chi connectivity index (χ4n) is 4.29. The molecular formula is C54H116B4. The topological polar surface area (TPSA) is 0 Å². The summed E-state index contributed by atoms with van der Waals surface area (Å²) in [6, 6.07) is 0. The molecule has 344 valence electrons. The lowest BCUT2D eigenvalue weighted by molar-refractivity contribution is 1.04. The Kier molecular flexibility index (Phi) is 105. The maximum Gasteiger partial charge on any atom is 0.169 e. The zero-order valence-corrected chi connectivity index (χ0v) is 46.7. The van der Waals surface area contributed by atoms with E-state index in [0.29, 0.717) is 13.4 Å². The molecule has 0 bridgehead atoms. The molecule has 58 heavy (non-hydrogen) atoms. The molecule has 0 N–H and O–H groups in total. The molecular weight excluding hydrogens is 692 g/mol. The van der Waals surface area contributed by atoms with Crippen molar-refractivity contribution in [1.82, 2.24) is 0 Å². The summed E-state index contributed by atoms with van der Waals surface area (Å²) in [4.78, 5) is 0. The van der Waals surface area contributed by atoms with Gasteiger partial charge in [-0.15, -0.1) is 0 Å². The van der Waals surface area contributed by atoms with Gasteiger partial charge in [-0.05, 0) is 38.5 Å². The second-order valence-corrected chi connectivity index (χ2v) is 12.9. The van der Waals surface area contributed by atoms with E-state index in [1.54, 1.807) is 22.1 Å². The Morgan fingerprint density at radius 3 is 0.983 bits per heavy atom. The largest absolute Gasteiger partial charge is 0.169 e. The van der Waals surface area contributed by atoms with Gasteiger partial charge < -0.3 is 0 Å². The van der Waals surface area contributed by atoms with E-state index in [4.69, 9.17) is 0 Å². The monoisotopic (exact) mass is 809 g/mol. The molecule has 4 aliphatic rings. The highest BCUT2D eigenvalue weighted by atomic mass is 14.1. The van der Waals surface area contributed by atoms with Crippen LogP contribution in [-0.4, -0.2) is 26.9 Å². The van der Waals surface area contributed by atoms with Crippen molar-refractivity contribution < 1.29 is 0 Å². The van der Waals surface area contributed by atoms with Gasteiger partial charge in [-0.2, -0.15) is 0 Å². The molecule has 0 unspecified atom stereocenters. The summed E-state index contributed by atoms with van der Waals surface area (Å²) >= 11 is 0. The number of hydrogen-bond donors (Lipinski definition) is 0. The fraction of sp³-hybridized carbons (Fsp3) is 0.704. The Bertz CT molecular complexity index is 948. The predicted molar refractivity (Wildman–Crippen MR) is 298 cm³/mol. The van der Waals surface area contributed by atoms with Crippen molar-refractivity contribution in [3.63, 3.8) is 0 Å².